The van der Waals surface area contributed by atoms with Gasteiger partial charge in [0.1, 0.15) is 6.54 Å². The van der Waals surface area contributed by atoms with Gasteiger partial charge in [0, 0.05) is 6.42 Å². The molecule has 6 nitrogen and oxygen atoms in total. The highest BCUT2D eigenvalue weighted by Crippen LogP contribution is 2.33. The van der Waals surface area contributed by atoms with Gasteiger partial charge in [0.05, 0.1) is 17.3 Å². The minimum Gasteiger partial charge on any atom is -0.408 e. The number of hydrazone groups is 1. The van der Waals surface area contributed by atoms with Crippen LogP contribution in [0.3, 0.4) is 0 Å². The molecule has 1 aromatic heterocycles. The normalized spacial score (nSPS) is 15.9. The fraction of sp³-hybridized carbons (Fsp3) is 0.192. The number of carbonyl (C=O) groups excluding carboxylic acids is 1. The highest BCUT2D eigenvalue weighted by molar-refractivity contribution is 6.03. The summed E-state index contributed by atoms with van der Waals surface area (Å²) in [6.45, 7) is 3.84. The number of oxazole rings is 1. The Morgan fingerprint density at radius 3 is 2.47 bits per heavy atom. The molecule has 2 heterocycles. The number of aryl methyl sites for hydroxylation is 2. The van der Waals surface area contributed by atoms with E-state index in [2.05, 4.69) is 0 Å². The molecule has 6 heteroatoms. The molecule has 0 spiro atoms. The summed E-state index contributed by atoms with van der Waals surface area (Å²) in [5, 5.41) is 6.23. The number of benzene rings is 3. The van der Waals surface area contributed by atoms with Crippen LogP contribution in [0.5, 0.6) is 0 Å². The first kappa shape index (κ1) is 20.0. The number of nitrogens with zero attached hydrogens (tertiary/aromatic N) is 3. The van der Waals surface area contributed by atoms with E-state index in [1.54, 1.807) is 6.07 Å². The molecule has 1 amide bonds. The fourth-order valence-corrected chi connectivity index (χ4v) is 4.13. The van der Waals surface area contributed by atoms with Crippen molar-refractivity contribution in [3.8, 4) is 0 Å². The Balaban J connectivity index is 1.51. The summed E-state index contributed by atoms with van der Waals surface area (Å²) in [7, 11) is 0. The van der Waals surface area contributed by atoms with E-state index in [4.69, 9.17) is 9.52 Å². The second kappa shape index (κ2) is 7.96. The van der Waals surface area contributed by atoms with Gasteiger partial charge in [-0.15, -0.1) is 0 Å². The lowest BCUT2D eigenvalue weighted by atomic mass is 9.98. The summed E-state index contributed by atoms with van der Waals surface area (Å²) in [5.74, 6) is -0.801. The van der Waals surface area contributed by atoms with Crippen molar-refractivity contribution in [1.82, 2.24) is 9.58 Å². The van der Waals surface area contributed by atoms with Crippen molar-refractivity contribution >= 4 is 22.7 Å². The lowest BCUT2D eigenvalue weighted by Crippen LogP contribution is -2.32. The SMILES string of the molecule is Cc1ccc(C2=NN(C(=O)Cn3c(=O)oc4ccc(C)cc43)C(c3ccccc3)C2)cc1. The first-order valence-electron chi connectivity index (χ1n) is 10.6. The van der Waals surface area contributed by atoms with E-state index in [1.807, 2.05) is 80.6 Å². The topological polar surface area (TPSA) is 67.8 Å². The van der Waals surface area contributed by atoms with Crippen LogP contribution in [0.25, 0.3) is 11.1 Å². The Kier molecular flexibility index (Phi) is 4.98. The average molecular weight is 425 g/mol. The molecule has 1 unspecified atom stereocenters. The minimum absolute atomic E-state index is 0.136. The van der Waals surface area contributed by atoms with Crippen LogP contribution in [-0.2, 0) is 11.3 Å². The first-order valence-corrected chi connectivity index (χ1v) is 10.6. The van der Waals surface area contributed by atoms with Crippen LogP contribution in [0.4, 0.5) is 0 Å². The first-order chi connectivity index (χ1) is 15.5. The van der Waals surface area contributed by atoms with E-state index in [-0.39, 0.29) is 18.5 Å². The number of amides is 1. The van der Waals surface area contributed by atoms with E-state index >= 15 is 0 Å². The Labute approximate surface area is 185 Å². The Morgan fingerprint density at radius 2 is 1.72 bits per heavy atom. The van der Waals surface area contributed by atoms with Crippen molar-refractivity contribution in [2.75, 3.05) is 0 Å². The minimum atomic E-state index is -0.544. The predicted molar refractivity (Wildman–Crippen MR) is 124 cm³/mol. The van der Waals surface area contributed by atoms with Gasteiger partial charge in [-0.2, -0.15) is 5.10 Å². The molecular weight excluding hydrogens is 402 g/mol. The van der Waals surface area contributed by atoms with Crippen LogP contribution in [0.2, 0.25) is 0 Å². The van der Waals surface area contributed by atoms with Gasteiger partial charge in [-0.3, -0.25) is 9.36 Å². The summed E-state index contributed by atoms with van der Waals surface area (Å²) < 4.78 is 6.71. The van der Waals surface area contributed by atoms with Crippen LogP contribution >= 0.6 is 0 Å². The second-order valence-corrected chi connectivity index (χ2v) is 8.21. The second-order valence-electron chi connectivity index (χ2n) is 8.21. The van der Waals surface area contributed by atoms with Crippen LogP contribution in [-0.4, -0.2) is 21.2 Å². The molecule has 1 aliphatic heterocycles. The van der Waals surface area contributed by atoms with Crippen molar-refractivity contribution in [3.63, 3.8) is 0 Å². The Morgan fingerprint density at radius 1 is 1.00 bits per heavy atom. The zero-order chi connectivity index (χ0) is 22.2. The van der Waals surface area contributed by atoms with Crippen molar-refractivity contribution < 1.29 is 9.21 Å². The number of carbonyl (C=O) groups is 1. The van der Waals surface area contributed by atoms with E-state index in [1.165, 1.54) is 15.1 Å². The maximum Gasteiger partial charge on any atom is 0.420 e. The third kappa shape index (κ3) is 3.64. The number of aromatic nitrogens is 1. The summed E-state index contributed by atoms with van der Waals surface area (Å²) in [6, 6.07) is 23.3. The molecule has 0 fully saturated rings. The highest BCUT2D eigenvalue weighted by atomic mass is 16.4. The standard InChI is InChI=1S/C26H23N3O3/c1-17-8-11-19(12-9-17)21-15-22(20-6-4-3-5-7-20)29(27-21)25(30)16-28-23-14-18(2)10-13-24(23)32-26(28)31/h3-14,22H,15-16H2,1-2H3. The molecule has 5 rings (SSSR count). The van der Waals surface area contributed by atoms with E-state index in [0.29, 0.717) is 17.5 Å². The Hall–Kier alpha value is -3.93. The molecule has 0 aliphatic carbocycles. The van der Waals surface area contributed by atoms with Crippen molar-refractivity contribution in [2.24, 2.45) is 5.10 Å². The predicted octanol–water partition coefficient (Wildman–Crippen LogP) is 4.59. The van der Waals surface area contributed by atoms with Gasteiger partial charge >= 0.3 is 5.76 Å². The maximum absolute atomic E-state index is 13.4. The summed E-state index contributed by atoms with van der Waals surface area (Å²) in [4.78, 5) is 25.9. The highest BCUT2D eigenvalue weighted by Gasteiger charge is 2.33. The summed E-state index contributed by atoms with van der Waals surface area (Å²) >= 11 is 0. The zero-order valence-electron chi connectivity index (χ0n) is 18.0. The lowest BCUT2D eigenvalue weighted by Gasteiger charge is -2.22. The van der Waals surface area contributed by atoms with Crippen LogP contribution in [0.15, 0.2) is 87.1 Å². The monoisotopic (exact) mass is 425 g/mol. The maximum atomic E-state index is 13.4. The van der Waals surface area contributed by atoms with Crippen molar-refractivity contribution in [2.45, 2.75) is 32.9 Å². The lowest BCUT2D eigenvalue weighted by molar-refractivity contribution is -0.133. The fourth-order valence-electron chi connectivity index (χ4n) is 4.13. The average Bonchev–Trinajstić information content (AvgIpc) is 3.37. The van der Waals surface area contributed by atoms with Crippen LogP contribution in [0, 0.1) is 13.8 Å². The van der Waals surface area contributed by atoms with Crippen LogP contribution in [0.1, 0.15) is 34.7 Å². The largest absolute Gasteiger partial charge is 0.420 e. The quantitative estimate of drug-likeness (QED) is 0.480. The molecule has 3 aromatic carbocycles. The van der Waals surface area contributed by atoms with Gasteiger partial charge < -0.3 is 4.42 Å². The molecule has 1 aliphatic rings. The number of hydrogen-bond donors (Lipinski definition) is 0. The van der Waals surface area contributed by atoms with E-state index in [9.17, 15) is 9.59 Å². The molecule has 4 aromatic rings. The number of fused-ring (bicyclic) bond motifs is 1. The summed E-state index contributed by atoms with van der Waals surface area (Å²) in [5.41, 5.74) is 6.09. The van der Waals surface area contributed by atoms with Gasteiger partial charge in [0.25, 0.3) is 5.91 Å². The molecule has 0 N–H and O–H groups in total. The molecule has 0 saturated carbocycles. The third-order valence-electron chi connectivity index (χ3n) is 5.85. The molecule has 0 radical (unpaired) electrons. The van der Waals surface area contributed by atoms with E-state index < -0.39 is 5.76 Å². The van der Waals surface area contributed by atoms with Gasteiger partial charge in [0.2, 0.25) is 0 Å². The van der Waals surface area contributed by atoms with Gasteiger partial charge in [-0.1, -0.05) is 66.2 Å². The van der Waals surface area contributed by atoms with E-state index in [0.717, 1.165) is 22.4 Å². The zero-order valence-corrected chi connectivity index (χ0v) is 18.0. The number of rotatable bonds is 4. The summed E-state index contributed by atoms with van der Waals surface area (Å²) in [6.07, 6.45) is 0.610. The molecule has 160 valence electrons. The molecule has 0 bridgehead atoms. The van der Waals surface area contributed by atoms with Gasteiger partial charge in [-0.25, -0.2) is 9.80 Å². The molecule has 1 atom stereocenters. The number of hydrogen-bond acceptors (Lipinski definition) is 4. The van der Waals surface area contributed by atoms with Crippen molar-refractivity contribution in [3.05, 3.63) is 106 Å². The molecule has 0 saturated heterocycles. The third-order valence-corrected chi connectivity index (χ3v) is 5.85. The molecular formula is C26H23N3O3. The molecule has 32 heavy (non-hydrogen) atoms. The smallest absolute Gasteiger partial charge is 0.408 e. The van der Waals surface area contributed by atoms with Gasteiger partial charge in [0.15, 0.2) is 5.58 Å². The van der Waals surface area contributed by atoms with Crippen LogP contribution < -0.4 is 5.76 Å². The Bertz CT molecular complexity index is 1380. The van der Waals surface area contributed by atoms with Gasteiger partial charge in [-0.05, 0) is 42.7 Å². The van der Waals surface area contributed by atoms with Crippen molar-refractivity contribution in [1.29, 1.82) is 0 Å².